The van der Waals surface area contributed by atoms with Crippen molar-refractivity contribution in [2.24, 2.45) is 11.7 Å². The topological polar surface area (TPSA) is 86.9 Å². The minimum absolute atomic E-state index is 0.00845. The molecule has 1 fully saturated rings. The number of carboxylic acid groups (broad SMARTS) is 1. The lowest BCUT2D eigenvalue weighted by Gasteiger charge is -2.25. The summed E-state index contributed by atoms with van der Waals surface area (Å²) in [6.45, 7) is 6.69. The first-order valence-corrected chi connectivity index (χ1v) is 6.88. The molecule has 1 amide bonds. The molecule has 3 N–H and O–H groups in total. The molecule has 0 spiro atoms. The molecule has 1 atom stereocenters. The number of hydrogen-bond donors (Lipinski definition) is 2. The maximum absolute atomic E-state index is 12.2. The van der Waals surface area contributed by atoms with Crippen molar-refractivity contribution in [1.29, 1.82) is 0 Å². The second-order valence-electron chi connectivity index (χ2n) is 5.58. The van der Waals surface area contributed by atoms with Crippen LogP contribution in [-0.2, 0) is 9.59 Å². The van der Waals surface area contributed by atoms with Gasteiger partial charge >= 0.3 is 5.97 Å². The molecule has 0 aromatic heterocycles. The third-order valence-corrected chi connectivity index (χ3v) is 3.30. The van der Waals surface area contributed by atoms with Gasteiger partial charge in [0.2, 0.25) is 5.91 Å². The average molecular weight is 271 g/mol. The van der Waals surface area contributed by atoms with Crippen molar-refractivity contribution in [3.05, 3.63) is 0 Å². The smallest absolute Gasteiger partial charge is 0.317 e. The van der Waals surface area contributed by atoms with E-state index < -0.39 is 12.0 Å². The van der Waals surface area contributed by atoms with Crippen LogP contribution in [0.3, 0.4) is 0 Å². The Labute approximate surface area is 114 Å². The third-order valence-electron chi connectivity index (χ3n) is 3.30. The number of rotatable bonds is 5. The molecule has 1 rings (SSSR count). The molecule has 19 heavy (non-hydrogen) atoms. The molecule has 0 unspecified atom stereocenters. The number of carbonyl (C=O) groups is 2. The van der Waals surface area contributed by atoms with Crippen LogP contribution in [0.15, 0.2) is 0 Å². The van der Waals surface area contributed by atoms with Gasteiger partial charge in [0.25, 0.3) is 0 Å². The first kappa shape index (κ1) is 15.9. The van der Waals surface area contributed by atoms with Crippen molar-refractivity contribution in [2.75, 3.05) is 32.7 Å². The van der Waals surface area contributed by atoms with E-state index in [0.29, 0.717) is 32.0 Å². The number of hydrogen-bond acceptors (Lipinski definition) is 4. The number of nitrogens with two attached hydrogens (primary N) is 1. The molecule has 1 aliphatic heterocycles. The monoisotopic (exact) mass is 271 g/mol. The van der Waals surface area contributed by atoms with Crippen molar-refractivity contribution in [2.45, 2.75) is 32.7 Å². The van der Waals surface area contributed by atoms with Crippen LogP contribution in [-0.4, -0.2) is 65.5 Å². The largest absolute Gasteiger partial charge is 0.480 e. The molecule has 6 heteroatoms. The van der Waals surface area contributed by atoms with E-state index in [1.807, 2.05) is 18.7 Å². The van der Waals surface area contributed by atoms with Gasteiger partial charge in [0, 0.05) is 26.2 Å². The number of amides is 1. The Morgan fingerprint density at radius 3 is 2.47 bits per heavy atom. The molecular weight excluding hydrogens is 246 g/mol. The zero-order valence-corrected chi connectivity index (χ0v) is 11.8. The minimum atomic E-state index is -0.823. The first-order chi connectivity index (χ1) is 8.90. The van der Waals surface area contributed by atoms with Gasteiger partial charge in [-0.25, -0.2) is 0 Å². The fourth-order valence-electron chi connectivity index (χ4n) is 2.38. The summed E-state index contributed by atoms with van der Waals surface area (Å²) in [7, 11) is 0. The van der Waals surface area contributed by atoms with E-state index in [0.717, 1.165) is 13.0 Å². The SMILES string of the molecule is CC(C)C[C@H](N)C(=O)N1CCCN(CC(=O)O)CC1. The summed E-state index contributed by atoms with van der Waals surface area (Å²) in [6, 6.07) is -0.439. The molecule has 0 radical (unpaired) electrons. The van der Waals surface area contributed by atoms with Gasteiger partial charge in [-0.1, -0.05) is 13.8 Å². The van der Waals surface area contributed by atoms with Crippen molar-refractivity contribution in [3.8, 4) is 0 Å². The number of nitrogens with zero attached hydrogens (tertiary/aromatic N) is 2. The number of carboxylic acids is 1. The molecule has 110 valence electrons. The molecule has 0 aromatic rings. The van der Waals surface area contributed by atoms with Gasteiger partial charge in [0.05, 0.1) is 12.6 Å². The molecule has 1 saturated heterocycles. The summed E-state index contributed by atoms with van der Waals surface area (Å²) in [5, 5.41) is 8.78. The highest BCUT2D eigenvalue weighted by Crippen LogP contribution is 2.09. The zero-order valence-electron chi connectivity index (χ0n) is 11.8. The molecule has 0 bridgehead atoms. The Morgan fingerprint density at radius 1 is 1.21 bits per heavy atom. The zero-order chi connectivity index (χ0) is 14.4. The van der Waals surface area contributed by atoms with Gasteiger partial charge in [-0.15, -0.1) is 0 Å². The first-order valence-electron chi connectivity index (χ1n) is 6.88. The standard InChI is InChI=1S/C13H25N3O3/c1-10(2)8-11(14)13(19)16-5-3-4-15(6-7-16)9-12(17)18/h10-11H,3-9,14H2,1-2H3,(H,17,18)/t11-/m0/s1. The van der Waals surface area contributed by atoms with Crippen molar-refractivity contribution in [3.63, 3.8) is 0 Å². The van der Waals surface area contributed by atoms with E-state index >= 15 is 0 Å². The summed E-state index contributed by atoms with van der Waals surface area (Å²) >= 11 is 0. The van der Waals surface area contributed by atoms with Crippen molar-refractivity contribution >= 4 is 11.9 Å². The second-order valence-corrected chi connectivity index (χ2v) is 5.58. The van der Waals surface area contributed by atoms with E-state index in [9.17, 15) is 9.59 Å². The lowest BCUT2D eigenvalue weighted by Crippen LogP contribution is -2.46. The predicted molar refractivity (Wildman–Crippen MR) is 72.7 cm³/mol. The van der Waals surface area contributed by atoms with Crippen LogP contribution >= 0.6 is 0 Å². The second kappa shape index (κ2) is 7.45. The molecule has 0 saturated carbocycles. The quantitative estimate of drug-likeness (QED) is 0.734. The fraction of sp³-hybridized carbons (Fsp3) is 0.846. The highest BCUT2D eigenvalue weighted by Gasteiger charge is 2.24. The van der Waals surface area contributed by atoms with E-state index in [1.54, 1.807) is 4.90 Å². The van der Waals surface area contributed by atoms with Crippen LogP contribution in [0, 0.1) is 5.92 Å². The summed E-state index contributed by atoms with van der Waals surface area (Å²) in [6.07, 6.45) is 1.49. The Balaban J connectivity index is 2.47. The average Bonchev–Trinajstić information content (AvgIpc) is 2.52. The highest BCUT2D eigenvalue weighted by molar-refractivity contribution is 5.81. The Kier molecular flexibility index (Phi) is 6.24. The lowest BCUT2D eigenvalue weighted by molar-refractivity contribution is -0.138. The summed E-state index contributed by atoms with van der Waals surface area (Å²) in [4.78, 5) is 26.5. The fourth-order valence-corrected chi connectivity index (χ4v) is 2.38. The normalized spacial score (nSPS) is 19.3. The molecule has 0 aromatic carbocycles. The molecule has 1 aliphatic rings. The molecule has 1 heterocycles. The summed E-state index contributed by atoms with van der Waals surface area (Å²) < 4.78 is 0. The van der Waals surface area contributed by atoms with Gasteiger partial charge in [-0.3, -0.25) is 14.5 Å². The predicted octanol–water partition coefficient (Wildman–Crippen LogP) is -0.0213. The van der Waals surface area contributed by atoms with Gasteiger partial charge in [-0.2, -0.15) is 0 Å². The van der Waals surface area contributed by atoms with Crippen LogP contribution in [0.1, 0.15) is 26.7 Å². The van der Waals surface area contributed by atoms with Crippen LogP contribution in [0.25, 0.3) is 0 Å². The molecule has 6 nitrogen and oxygen atoms in total. The van der Waals surface area contributed by atoms with Crippen LogP contribution in [0.2, 0.25) is 0 Å². The van der Waals surface area contributed by atoms with Crippen LogP contribution < -0.4 is 5.73 Å². The van der Waals surface area contributed by atoms with E-state index in [2.05, 4.69) is 0 Å². The molecular formula is C13H25N3O3. The summed E-state index contributed by atoms with van der Waals surface area (Å²) in [5.41, 5.74) is 5.92. The van der Waals surface area contributed by atoms with Crippen molar-refractivity contribution < 1.29 is 14.7 Å². The third kappa shape index (κ3) is 5.57. The van der Waals surface area contributed by atoms with E-state index in [4.69, 9.17) is 10.8 Å². The maximum atomic E-state index is 12.2. The highest BCUT2D eigenvalue weighted by atomic mass is 16.4. The van der Waals surface area contributed by atoms with Gasteiger partial charge in [0.15, 0.2) is 0 Å². The number of carbonyl (C=O) groups excluding carboxylic acids is 1. The number of aliphatic carboxylic acids is 1. The van der Waals surface area contributed by atoms with E-state index in [-0.39, 0.29) is 12.5 Å². The van der Waals surface area contributed by atoms with Crippen LogP contribution in [0.4, 0.5) is 0 Å². The Hall–Kier alpha value is -1.14. The minimum Gasteiger partial charge on any atom is -0.480 e. The van der Waals surface area contributed by atoms with Gasteiger partial charge in [-0.05, 0) is 18.8 Å². The van der Waals surface area contributed by atoms with Gasteiger partial charge in [0.1, 0.15) is 0 Å². The summed E-state index contributed by atoms with van der Waals surface area (Å²) in [5.74, 6) is -0.434. The maximum Gasteiger partial charge on any atom is 0.317 e. The Bertz CT molecular complexity index is 320. The molecule has 0 aliphatic carbocycles. The van der Waals surface area contributed by atoms with Crippen LogP contribution in [0.5, 0.6) is 0 Å². The Morgan fingerprint density at radius 2 is 1.89 bits per heavy atom. The van der Waals surface area contributed by atoms with E-state index in [1.165, 1.54) is 0 Å². The lowest BCUT2D eigenvalue weighted by atomic mass is 10.0. The van der Waals surface area contributed by atoms with Gasteiger partial charge < -0.3 is 15.7 Å². The van der Waals surface area contributed by atoms with Crippen molar-refractivity contribution in [1.82, 2.24) is 9.80 Å².